The summed E-state index contributed by atoms with van der Waals surface area (Å²) in [6.45, 7) is 3.63. The number of carboxylic acids is 1. The van der Waals surface area contributed by atoms with E-state index in [4.69, 9.17) is 4.74 Å². The Morgan fingerprint density at radius 2 is 2.00 bits per heavy atom. The van der Waals surface area contributed by atoms with Crippen LogP contribution in [-0.2, 0) is 11.2 Å². The van der Waals surface area contributed by atoms with Crippen LogP contribution in [0.3, 0.4) is 0 Å². The number of H-pyrrole nitrogens is 1. The van der Waals surface area contributed by atoms with Crippen LogP contribution in [0.4, 0.5) is 0 Å². The number of aromatic nitrogens is 2. The lowest BCUT2D eigenvalue weighted by Crippen LogP contribution is -2.05. The molecule has 1 aromatic heterocycles. The van der Waals surface area contributed by atoms with Gasteiger partial charge >= 0.3 is 5.97 Å². The van der Waals surface area contributed by atoms with Crippen molar-refractivity contribution in [3.05, 3.63) is 64.3 Å². The molecule has 0 saturated carbocycles. The van der Waals surface area contributed by atoms with Gasteiger partial charge in [0.25, 0.3) is 0 Å². The molecular weight excluding hydrogens is 388 g/mol. The normalized spacial score (nSPS) is 18.0. The molecule has 1 fully saturated rings. The largest absolute Gasteiger partial charge is 0.478 e. The lowest BCUT2D eigenvalue weighted by Gasteiger charge is -2.16. The predicted molar refractivity (Wildman–Crippen MR) is 124 cm³/mol. The van der Waals surface area contributed by atoms with Gasteiger partial charge in [0.05, 0.1) is 16.8 Å². The van der Waals surface area contributed by atoms with Crippen LogP contribution < -0.4 is 0 Å². The standard InChI is InChI=1S/C26H30N2O3/c1-18-22(26(29)30)11-13-24-25(18)23(27-28-24)12-10-20-7-4-8-21(17-20)16-19-6-2-3-14-31-15-5-9-19/h4,7-8,10-13,17,19H,2-3,5-6,9,14-16H2,1H3,(H,27,28)(H,29,30)/b12-10+. The predicted octanol–water partition coefficient (Wildman–Crippen LogP) is 5.88. The van der Waals surface area contributed by atoms with Crippen molar-refractivity contribution >= 4 is 29.0 Å². The number of carbonyl (C=O) groups is 1. The van der Waals surface area contributed by atoms with Gasteiger partial charge < -0.3 is 9.84 Å². The smallest absolute Gasteiger partial charge is 0.335 e. The van der Waals surface area contributed by atoms with Crippen molar-refractivity contribution in [3.63, 3.8) is 0 Å². The molecule has 3 aromatic rings. The van der Waals surface area contributed by atoms with E-state index >= 15 is 0 Å². The van der Waals surface area contributed by atoms with Gasteiger partial charge in [0.15, 0.2) is 0 Å². The van der Waals surface area contributed by atoms with Gasteiger partial charge in [-0.3, -0.25) is 5.10 Å². The summed E-state index contributed by atoms with van der Waals surface area (Å²) < 4.78 is 5.65. The SMILES string of the molecule is Cc1c(C(=O)O)ccc2[nH]nc(/C=C/c3cccc(CC4CCCCOCCC4)c3)c12. The maximum absolute atomic E-state index is 11.5. The Kier molecular flexibility index (Phi) is 6.82. The first kappa shape index (κ1) is 21.3. The summed E-state index contributed by atoms with van der Waals surface area (Å²) >= 11 is 0. The van der Waals surface area contributed by atoms with Crippen LogP contribution in [0.25, 0.3) is 23.1 Å². The number of hydrogen-bond acceptors (Lipinski definition) is 3. The minimum absolute atomic E-state index is 0.311. The third-order valence-corrected chi connectivity index (χ3v) is 6.21. The number of benzene rings is 2. The Morgan fingerprint density at radius 1 is 1.16 bits per heavy atom. The highest BCUT2D eigenvalue weighted by Gasteiger charge is 2.14. The minimum atomic E-state index is -0.917. The van der Waals surface area contributed by atoms with Gasteiger partial charge in [0, 0.05) is 18.6 Å². The van der Waals surface area contributed by atoms with Crippen LogP contribution in [-0.4, -0.2) is 34.5 Å². The zero-order valence-corrected chi connectivity index (χ0v) is 18.1. The van der Waals surface area contributed by atoms with Gasteiger partial charge in [-0.05, 0) is 73.4 Å². The van der Waals surface area contributed by atoms with E-state index in [0.29, 0.717) is 11.5 Å². The van der Waals surface area contributed by atoms with E-state index in [-0.39, 0.29) is 0 Å². The molecule has 5 nitrogen and oxygen atoms in total. The van der Waals surface area contributed by atoms with Gasteiger partial charge in [0.2, 0.25) is 0 Å². The number of aromatic amines is 1. The summed E-state index contributed by atoms with van der Waals surface area (Å²) in [6.07, 6.45) is 11.2. The van der Waals surface area contributed by atoms with Crippen LogP contribution in [0.1, 0.15) is 64.8 Å². The van der Waals surface area contributed by atoms with E-state index in [2.05, 4.69) is 40.5 Å². The van der Waals surface area contributed by atoms with E-state index < -0.39 is 5.97 Å². The third-order valence-electron chi connectivity index (χ3n) is 6.21. The first-order valence-electron chi connectivity index (χ1n) is 11.2. The van der Waals surface area contributed by atoms with Crippen LogP contribution in [0.2, 0.25) is 0 Å². The molecule has 1 atom stereocenters. The number of aromatic carboxylic acids is 1. The Morgan fingerprint density at radius 3 is 2.87 bits per heavy atom. The van der Waals surface area contributed by atoms with Gasteiger partial charge in [0.1, 0.15) is 0 Å². The fourth-order valence-corrected chi connectivity index (χ4v) is 4.56. The average Bonchev–Trinajstić information content (AvgIpc) is 3.22. The number of carboxylic acid groups (broad SMARTS) is 1. The van der Waals surface area contributed by atoms with Crippen molar-refractivity contribution in [1.29, 1.82) is 0 Å². The van der Waals surface area contributed by atoms with E-state index in [0.717, 1.165) is 53.8 Å². The second-order valence-electron chi connectivity index (χ2n) is 8.47. The van der Waals surface area contributed by atoms with Crippen LogP contribution >= 0.6 is 0 Å². The molecule has 2 N–H and O–H groups in total. The van der Waals surface area contributed by atoms with E-state index in [1.54, 1.807) is 12.1 Å². The number of ether oxygens (including phenoxy) is 1. The Hall–Kier alpha value is -2.92. The van der Waals surface area contributed by atoms with Crippen molar-refractivity contribution in [2.24, 2.45) is 5.92 Å². The molecule has 2 aromatic carbocycles. The van der Waals surface area contributed by atoms with Crippen molar-refractivity contribution in [1.82, 2.24) is 10.2 Å². The van der Waals surface area contributed by atoms with Crippen molar-refractivity contribution in [2.75, 3.05) is 13.2 Å². The van der Waals surface area contributed by atoms with Gasteiger partial charge in [-0.1, -0.05) is 43.2 Å². The number of fused-ring (bicyclic) bond motifs is 1. The monoisotopic (exact) mass is 418 g/mol. The van der Waals surface area contributed by atoms with Crippen LogP contribution in [0.15, 0.2) is 36.4 Å². The van der Waals surface area contributed by atoms with Crippen molar-refractivity contribution < 1.29 is 14.6 Å². The number of nitrogens with one attached hydrogen (secondary N) is 1. The second kappa shape index (κ2) is 9.92. The van der Waals surface area contributed by atoms with Crippen molar-refractivity contribution in [3.8, 4) is 0 Å². The topological polar surface area (TPSA) is 75.2 Å². The Balaban J connectivity index is 1.52. The van der Waals surface area contributed by atoms with E-state index in [1.165, 1.54) is 31.2 Å². The van der Waals surface area contributed by atoms with E-state index in [1.807, 2.05) is 13.0 Å². The number of nitrogens with zero attached hydrogens (tertiary/aromatic N) is 1. The molecule has 1 aliphatic rings. The van der Waals surface area contributed by atoms with Gasteiger partial charge in [-0.15, -0.1) is 0 Å². The summed E-state index contributed by atoms with van der Waals surface area (Å²) in [4.78, 5) is 11.5. The summed E-state index contributed by atoms with van der Waals surface area (Å²) in [6, 6.07) is 12.1. The summed E-state index contributed by atoms with van der Waals surface area (Å²) in [7, 11) is 0. The zero-order valence-electron chi connectivity index (χ0n) is 18.1. The first-order chi connectivity index (χ1) is 15.1. The highest BCUT2D eigenvalue weighted by Crippen LogP contribution is 2.26. The number of hydrogen-bond donors (Lipinski definition) is 2. The number of aryl methyl sites for hydroxylation is 1. The maximum Gasteiger partial charge on any atom is 0.335 e. The molecule has 0 radical (unpaired) electrons. The molecule has 0 spiro atoms. The fraction of sp³-hybridized carbons (Fsp3) is 0.385. The van der Waals surface area contributed by atoms with Gasteiger partial charge in [-0.2, -0.15) is 5.10 Å². The highest BCUT2D eigenvalue weighted by molar-refractivity contribution is 6.00. The molecule has 162 valence electrons. The summed E-state index contributed by atoms with van der Waals surface area (Å²) in [5.74, 6) is -0.201. The second-order valence-corrected chi connectivity index (χ2v) is 8.47. The lowest BCUT2D eigenvalue weighted by molar-refractivity contribution is 0.0696. The van der Waals surface area contributed by atoms with E-state index in [9.17, 15) is 9.90 Å². The molecule has 1 unspecified atom stereocenters. The molecule has 0 bridgehead atoms. The molecule has 1 saturated heterocycles. The molecule has 31 heavy (non-hydrogen) atoms. The maximum atomic E-state index is 11.5. The molecule has 0 amide bonds. The zero-order chi connectivity index (χ0) is 21.6. The summed E-state index contributed by atoms with van der Waals surface area (Å²) in [5, 5.41) is 17.7. The Labute approximate surface area is 183 Å². The lowest BCUT2D eigenvalue weighted by atomic mass is 9.90. The van der Waals surface area contributed by atoms with Crippen LogP contribution in [0.5, 0.6) is 0 Å². The molecule has 5 heteroatoms. The van der Waals surface area contributed by atoms with Crippen LogP contribution in [0, 0.1) is 12.8 Å². The van der Waals surface area contributed by atoms with Crippen molar-refractivity contribution in [2.45, 2.75) is 45.4 Å². The molecule has 1 aliphatic heterocycles. The third kappa shape index (κ3) is 5.23. The average molecular weight is 419 g/mol. The first-order valence-corrected chi connectivity index (χ1v) is 11.2. The summed E-state index contributed by atoms with van der Waals surface area (Å²) in [5.41, 5.74) is 5.15. The molecule has 4 rings (SSSR count). The highest BCUT2D eigenvalue weighted by atomic mass is 16.5. The Bertz CT molecular complexity index is 1070. The molecule has 0 aliphatic carbocycles. The minimum Gasteiger partial charge on any atom is -0.478 e. The fourth-order valence-electron chi connectivity index (χ4n) is 4.56. The molecular formula is C26H30N2O3. The quantitative estimate of drug-likeness (QED) is 0.543. The number of rotatable bonds is 5. The van der Waals surface area contributed by atoms with Gasteiger partial charge in [-0.25, -0.2) is 4.79 Å². The molecule has 2 heterocycles.